The molecule has 1 aliphatic heterocycles. The zero-order chi connectivity index (χ0) is 12.3. The van der Waals surface area contributed by atoms with Crippen molar-refractivity contribution in [2.24, 2.45) is 0 Å². The molecule has 3 nitrogen and oxygen atoms in total. The smallest absolute Gasteiger partial charge is 0.142 e. The Kier molecular flexibility index (Phi) is 4.40. The van der Waals surface area contributed by atoms with Crippen LogP contribution in [0, 0.1) is 0 Å². The van der Waals surface area contributed by atoms with Gasteiger partial charge in [-0.2, -0.15) is 0 Å². The van der Waals surface area contributed by atoms with E-state index in [0.29, 0.717) is 6.04 Å². The second-order valence-electron chi connectivity index (χ2n) is 4.42. The SMILES string of the molecule is CCN(CC)C1CCN(c2ncccc2Br)C1. The molecule has 1 aromatic heterocycles. The van der Waals surface area contributed by atoms with E-state index in [9.17, 15) is 0 Å². The summed E-state index contributed by atoms with van der Waals surface area (Å²) < 4.78 is 1.10. The number of likely N-dealkylation sites (N-methyl/N-ethyl adjacent to an activating group) is 1. The van der Waals surface area contributed by atoms with Crippen LogP contribution in [0.1, 0.15) is 20.3 Å². The van der Waals surface area contributed by atoms with Crippen LogP contribution in [0.3, 0.4) is 0 Å². The number of rotatable bonds is 4. The molecule has 0 radical (unpaired) electrons. The third-order valence-corrected chi connectivity index (χ3v) is 4.15. The number of anilines is 1. The second kappa shape index (κ2) is 5.83. The number of hydrogen-bond acceptors (Lipinski definition) is 3. The molecule has 17 heavy (non-hydrogen) atoms. The minimum atomic E-state index is 0.680. The number of pyridine rings is 1. The second-order valence-corrected chi connectivity index (χ2v) is 5.27. The average molecular weight is 298 g/mol. The lowest BCUT2D eigenvalue weighted by molar-refractivity contribution is 0.232. The number of halogens is 1. The van der Waals surface area contributed by atoms with Crippen LogP contribution in [0.15, 0.2) is 22.8 Å². The fourth-order valence-corrected chi connectivity index (χ4v) is 3.09. The van der Waals surface area contributed by atoms with Gasteiger partial charge in [-0.3, -0.25) is 4.90 Å². The van der Waals surface area contributed by atoms with Crippen LogP contribution in [0.25, 0.3) is 0 Å². The van der Waals surface area contributed by atoms with Gasteiger partial charge in [-0.15, -0.1) is 0 Å². The van der Waals surface area contributed by atoms with Gasteiger partial charge in [0.15, 0.2) is 0 Å². The molecule has 0 aliphatic carbocycles. The Balaban J connectivity index is 2.05. The highest BCUT2D eigenvalue weighted by molar-refractivity contribution is 9.10. The van der Waals surface area contributed by atoms with E-state index < -0.39 is 0 Å². The summed E-state index contributed by atoms with van der Waals surface area (Å²) in [5.74, 6) is 1.09. The molecule has 2 rings (SSSR count). The molecule has 0 spiro atoms. The first-order valence-electron chi connectivity index (χ1n) is 6.35. The predicted octanol–water partition coefficient (Wildman–Crippen LogP) is 2.76. The number of hydrogen-bond donors (Lipinski definition) is 0. The minimum Gasteiger partial charge on any atom is -0.354 e. The zero-order valence-electron chi connectivity index (χ0n) is 10.6. The molecule has 94 valence electrons. The van der Waals surface area contributed by atoms with Crippen LogP contribution in [0.5, 0.6) is 0 Å². The van der Waals surface area contributed by atoms with Gasteiger partial charge >= 0.3 is 0 Å². The topological polar surface area (TPSA) is 19.4 Å². The lowest BCUT2D eigenvalue weighted by Gasteiger charge is -2.26. The van der Waals surface area contributed by atoms with Crippen molar-refractivity contribution in [1.29, 1.82) is 0 Å². The fourth-order valence-electron chi connectivity index (χ4n) is 2.58. The maximum absolute atomic E-state index is 4.47. The van der Waals surface area contributed by atoms with Gasteiger partial charge in [-0.25, -0.2) is 4.98 Å². The highest BCUT2D eigenvalue weighted by atomic mass is 79.9. The molecule has 0 amide bonds. The largest absolute Gasteiger partial charge is 0.354 e. The van der Waals surface area contributed by atoms with Gasteiger partial charge in [0, 0.05) is 25.3 Å². The van der Waals surface area contributed by atoms with E-state index in [4.69, 9.17) is 0 Å². The van der Waals surface area contributed by atoms with E-state index in [1.54, 1.807) is 0 Å². The fraction of sp³-hybridized carbons (Fsp3) is 0.615. The summed E-state index contributed by atoms with van der Waals surface area (Å²) in [5.41, 5.74) is 0. The average Bonchev–Trinajstić information content (AvgIpc) is 2.81. The summed E-state index contributed by atoms with van der Waals surface area (Å²) in [5, 5.41) is 0. The first-order valence-corrected chi connectivity index (χ1v) is 7.15. The third kappa shape index (κ3) is 2.80. The van der Waals surface area contributed by atoms with Gasteiger partial charge in [-0.05, 0) is 47.6 Å². The molecule has 0 saturated carbocycles. The van der Waals surface area contributed by atoms with Gasteiger partial charge in [0.1, 0.15) is 5.82 Å². The zero-order valence-corrected chi connectivity index (χ0v) is 12.2. The molecule has 2 heterocycles. The molecule has 1 unspecified atom stereocenters. The quantitative estimate of drug-likeness (QED) is 0.852. The lowest BCUT2D eigenvalue weighted by Crippen LogP contribution is -2.37. The standard InChI is InChI=1S/C13H20BrN3/c1-3-16(4-2)11-7-9-17(10-11)13-12(14)6-5-8-15-13/h5-6,8,11H,3-4,7,9-10H2,1-2H3. The van der Waals surface area contributed by atoms with Gasteiger partial charge in [0.05, 0.1) is 4.47 Å². The number of nitrogens with zero attached hydrogens (tertiary/aromatic N) is 3. The Bertz CT molecular complexity index is 365. The van der Waals surface area contributed by atoms with Crippen LogP contribution < -0.4 is 4.90 Å². The van der Waals surface area contributed by atoms with Gasteiger partial charge in [-0.1, -0.05) is 13.8 Å². The van der Waals surface area contributed by atoms with Crippen molar-refractivity contribution in [1.82, 2.24) is 9.88 Å². The van der Waals surface area contributed by atoms with E-state index >= 15 is 0 Å². The summed E-state index contributed by atoms with van der Waals surface area (Å²) in [6.07, 6.45) is 3.11. The summed E-state index contributed by atoms with van der Waals surface area (Å²) in [6, 6.07) is 4.71. The molecule has 1 aliphatic rings. The van der Waals surface area contributed by atoms with E-state index in [-0.39, 0.29) is 0 Å². The molecule has 1 atom stereocenters. The normalized spacial score (nSPS) is 20.2. The first kappa shape index (κ1) is 12.8. The Morgan fingerprint density at radius 1 is 1.47 bits per heavy atom. The molecule has 0 bridgehead atoms. The van der Waals surface area contributed by atoms with Crippen LogP contribution in [0.4, 0.5) is 5.82 Å². The third-order valence-electron chi connectivity index (χ3n) is 3.53. The summed E-state index contributed by atoms with van der Waals surface area (Å²) in [4.78, 5) is 9.39. The summed E-state index contributed by atoms with van der Waals surface area (Å²) in [6.45, 7) is 8.95. The summed E-state index contributed by atoms with van der Waals surface area (Å²) >= 11 is 3.58. The van der Waals surface area contributed by atoms with Gasteiger partial charge < -0.3 is 4.90 Å². The maximum atomic E-state index is 4.47. The van der Waals surface area contributed by atoms with E-state index in [0.717, 1.165) is 36.5 Å². The van der Waals surface area contributed by atoms with E-state index in [1.807, 2.05) is 12.3 Å². The van der Waals surface area contributed by atoms with Crippen molar-refractivity contribution in [2.45, 2.75) is 26.3 Å². The molecular formula is C13H20BrN3. The van der Waals surface area contributed by atoms with E-state index in [1.165, 1.54) is 6.42 Å². The van der Waals surface area contributed by atoms with Crippen molar-refractivity contribution in [3.8, 4) is 0 Å². The predicted molar refractivity (Wildman–Crippen MR) is 75.5 cm³/mol. The molecule has 0 aromatic carbocycles. The molecule has 1 fully saturated rings. The monoisotopic (exact) mass is 297 g/mol. The minimum absolute atomic E-state index is 0.680. The Morgan fingerprint density at radius 3 is 2.88 bits per heavy atom. The lowest BCUT2D eigenvalue weighted by atomic mass is 10.2. The first-order chi connectivity index (χ1) is 8.26. The van der Waals surface area contributed by atoms with Crippen LogP contribution in [0.2, 0.25) is 0 Å². The Hall–Kier alpha value is -0.610. The summed E-state index contributed by atoms with van der Waals surface area (Å²) in [7, 11) is 0. The van der Waals surface area contributed by atoms with Crippen molar-refractivity contribution in [3.63, 3.8) is 0 Å². The van der Waals surface area contributed by atoms with Crippen LogP contribution >= 0.6 is 15.9 Å². The highest BCUT2D eigenvalue weighted by Gasteiger charge is 2.27. The Morgan fingerprint density at radius 2 is 2.24 bits per heavy atom. The van der Waals surface area contributed by atoms with Crippen molar-refractivity contribution < 1.29 is 0 Å². The Labute approximate surface area is 112 Å². The van der Waals surface area contributed by atoms with Gasteiger partial charge in [0.25, 0.3) is 0 Å². The van der Waals surface area contributed by atoms with Crippen LogP contribution in [-0.2, 0) is 0 Å². The molecule has 1 aromatic rings. The number of aromatic nitrogens is 1. The molecule has 1 saturated heterocycles. The maximum Gasteiger partial charge on any atom is 0.142 e. The molecule has 4 heteroatoms. The van der Waals surface area contributed by atoms with Crippen molar-refractivity contribution in [3.05, 3.63) is 22.8 Å². The van der Waals surface area contributed by atoms with Gasteiger partial charge in [0.2, 0.25) is 0 Å². The van der Waals surface area contributed by atoms with Crippen molar-refractivity contribution >= 4 is 21.7 Å². The van der Waals surface area contributed by atoms with E-state index in [2.05, 4.69) is 50.6 Å². The van der Waals surface area contributed by atoms with Crippen LogP contribution in [-0.4, -0.2) is 42.1 Å². The highest BCUT2D eigenvalue weighted by Crippen LogP contribution is 2.27. The molecule has 0 N–H and O–H groups in total. The molecular weight excluding hydrogens is 278 g/mol. The van der Waals surface area contributed by atoms with Crippen molar-refractivity contribution in [2.75, 3.05) is 31.1 Å².